The lowest BCUT2D eigenvalue weighted by Gasteiger charge is -2.27. The van der Waals surface area contributed by atoms with Crippen LogP contribution in [0.15, 0.2) is 0 Å². The van der Waals surface area contributed by atoms with Crippen molar-refractivity contribution in [3.05, 3.63) is 0 Å². The molecule has 0 fully saturated rings. The first-order valence-electron chi connectivity index (χ1n) is 5.46. The summed E-state index contributed by atoms with van der Waals surface area (Å²) in [6.45, 7) is 10.1. The van der Waals surface area contributed by atoms with Crippen LogP contribution in [0.4, 0.5) is 4.79 Å². The number of aliphatic hydroxyl groups is 1. The first-order valence-corrected chi connectivity index (χ1v) is 5.46. The number of aliphatic hydroxyl groups excluding tert-OH is 1. The molecule has 0 heterocycles. The standard InChI is InChI=1S/C11H23NO3/c1-6-9(13)8-12(7-2)10(14)15-11(3,4)5/h9,13H,6-8H2,1-5H3. The minimum absolute atomic E-state index is 0.335. The summed E-state index contributed by atoms with van der Waals surface area (Å²) in [5.41, 5.74) is -0.484. The monoisotopic (exact) mass is 217 g/mol. The molecular weight excluding hydrogens is 194 g/mol. The number of likely N-dealkylation sites (N-methyl/N-ethyl adjacent to an activating group) is 1. The van der Waals surface area contributed by atoms with Crippen LogP contribution in [0, 0.1) is 0 Å². The van der Waals surface area contributed by atoms with E-state index in [-0.39, 0.29) is 6.09 Å². The minimum atomic E-state index is -0.484. The zero-order valence-electron chi connectivity index (χ0n) is 10.4. The van der Waals surface area contributed by atoms with E-state index in [1.807, 2.05) is 34.6 Å². The zero-order chi connectivity index (χ0) is 12.1. The molecule has 1 atom stereocenters. The van der Waals surface area contributed by atoms with Gasteiger partial charge >= 0.3 is 6.09 Å². The van der Waals surface area contributed by atoms with E-state index >= 15 is 0 Å². The fraction of sp³-hybridized carbons (Fsp3) is 0.909. The smallest absolute Gasteiger partial charge is 0.410 e. The molecule has 1 amide bonds. The van der Waals surface area contributed by atoms with E-state index in [0.29, 0.717) is 19.5 Å². The van der Waals surface area contributed by atoms with Gasteiger partial charge in [0.1, 0.15) is 5.60 Å². The Kier molecular flexibility index (Phi) is 5.65. The largest absolute Gasteiger partial charge is 0.444 e. The number of carbonyl (C=O) groups is 1. The van der Waals surface area contributed by atoms with E-state index in [0.717, 1.165) is 0 Å². The fourth-order valence-corrected chi connectivity index (χ4v) is 1.04. The Labute approximate surface area is 92.2 Å². The van der Waals surface area contributed by atoms with E-state index in [4.69, 9.17) is 4.74 Å². The molecule has 0 saturated carbocycles. The number of amides is 1. The molecule has 0 aliphatic heterocycles. The summed E-state index contributed by atoms with van der Waals surface area (Å²) in [5.74, 6) is 0. The van der Waals surface area contributed by atoms with Crippen LogP contribution in [0.2, 0.25) is 0 Å². The van der Waals surface area contributed by atoms with Gasteiger partial charge in [0.15, 0.2) is 0 Å². The molecule has 1 unspecified atom stereocenters. The molecule has 15 heavy (non-hydrogen) atoms. The second kappa shape index (κ2) is 5.95. The molecule has 0 aromatic carbocycles. The van der Waals surface area contributed by atoms with Crippen molar-refractivity contribution in [1.29, 1.82) is 0 Å². The number of ether oxygens (including phenoxy) is 1. The van der Waals surface area contributed by atoms with Gasteiger partial charge in [-0.15, -0.1) is 0 Å². The normalized spacial score (nSPS) is 13.5. The van der Waals surface area contributed by atoms with E-state index in [9.17, 15) is 9.90 Å². The van der Waals surface area contributed by atoms with Gasteiger partial charge in [0.05, 0.1) is 6.10 Å². The van der Waals surface area contributed by atoms with Gasteiger partial charge in [0, 0.05) is 13.1 Å². The molecule has 0 rings (SSSR count). The highest BCUT2D eigenvalue weighted by atomic mass is 16.6. The molecule has 1 N–H and O–H groups in total. The topological polar surface area (TPSA) is 49.8 Å². The Hall–Kier alpha value is -0.770. The highest BCUT2D eigenvalue weighted by Crippen LogP contribution is 2.10. The maximum Gasteiger partial charge on any atom is 0.410 e. The molecule has 0 aliphatic carbocycles. The van der Waals surface area contributed by atoms with Crippen LogP contribution in [0.5, 0.6) is 0 Å². The van der Waals surface area contributed by atoms with Crippen LogP contribution in [0.25, 0.3) is 0 Å². The van der Waals surface area contributed by atoms with E-state index in [1.54, 1.807) is 0 Å². The molecule has 0 aromatic rings. The predicted molar refractivity (Wildman–Crippen MR) is 59.8 cm³/mol. The lowest BCUT2D eigenvalue weighted by Crippen LogP contribution is -2.40. The Bertz CT molecular complexity index is 198. The maximum absolute atomic E-state index is 11.6. The molecule has 0 aromatic heterocycles. The summed E-state index contributed by atoms with van der Waals surface area (Å²) in [6, 6.07) is 0. The second-order valence-electron chi connectivity index (χ2n) is 4.58. The first kappa shape index (κ1) is 14.2. The lowest BCUT2D eigenvalue weighted by atomic mass is 10.2. The highest BCUT2D eigenvalue weighted by molar-refractivity contribution is 5.68. The van der Waals surface area contributed by atoms with Crippen LogP contribution in [0.1, 0.15) is 41.0 Å². The van der Waals surface area contributed by atoms with E-state index in [2.05, 4.69) is 0 Å². The first-order chi connectivity index (χ1) is 6.80. The molecule has 4 nitrogen and oxygen atoms in total. The summed E-state index contributed by atoms with van der Waals surface area (Å²) >= 11 is 0. The van der Waals surface area contributed by atoms with Crippen molar-refractivity contribution in [2.75, 3.05) is 13.1 Å². The quantitative estimate of drug-likeness (QED) is 0.783. The van der Waals surface area contributed by atoms with Gasteiger partial charge in [-0.2, -0.15) is 0 Å². The summed E-state index contributed by atoms with van der Waals surface area (Å²) in [6.07, 6.45) is -0.200. The van der Waals surface area contributed by atoms with E-state index < -0.39 is 11.7 Å². The average molecular weight is 217 g/mol. The van der Waals surface area contributed by atoms with Crippen LogP contribution in [-0.4, -0.2) is 40.9 Å². The third-order valence-electron chi connectivity index (χ3n) is 1.94. The van der Waals surface area contributed by atoms with Gasteiger partial charge in [0.25, 0.3) is 0 Å². The number of rotatable bonds is 4. The molecule has 90 valence electrons. The van der Waals surface area contributed by atoms with Gasteiger partial charge in [0.2, 0.25) is 0 Å². The molecule has 4 heteroatoms. The zero-order valence-corrected chi connectivity index (χ0v) is 10.4. The summed E-state index contributed by atoms with van der Waals surface area (Å²) in [5, 5.41) is 9.46. The van der Waals surface area contributed by atoms with Crippen molar-refractivity contribution in [3.63, 3.8) is 0 Å². The third kappa shape index (κ3) is 6.33. The predicted octanol–water partition coefficient (Wildman–Crippen LogP) is 2.01. The minimum Gasteiger partial charge on any atom is -0.444 e. The van der Waals surface area contributed by atoms with Crippen molar-refractivity contribution in [1.82, 2.24) is 4.90 Å². The number of carbonyl (C=O) groups excluding carboxylic acids is 1. The molecule has 0 saturated heterocycles. The van der Waals surface area contributed by atoms with Gasteiger partial charge in [-0.3, -0.25) is 0 Å². The third-order valence-corrected chi connectivity index (χ3v) is 1.94. The van der Waals surface area contributed by atoms with Crippen LogP contribution in [-0.2, 0) is 4.74 Å². The van der Waals surface area contributed by atoms with Gasteiger partial charge < -0.3 is 14.7 Å². The number of nitrogens with zero attached hydrogens (tertiary/aromatic N) is 1. The summed E-state index contributed by atoms with van der Waals surface area (Å²) < 4.78 is 5.21. The number of hydrogen-bond acceptors (Lipinski definition) is 3. The van der Waals surface area contributed by atoms with Gasteiger partial charge in [-0.1, -0.05) is 6.92 Å². The van der Waals surface area contributed by atoms with Gasteiger partial charge in [-0.05, 0) is 34.1 Å². The molecular formula is C11H23NO3. The fourth-order valence-electron chi connectivity index (χ4n) is 1.04. The summed E-state index contributed by atoms with van der Waals surface area (Å²) in [4.78, 5) is 13.1. The molecule has 0 bridgehead atoms. The van der Waals surface area contributed by atoms with Crippen molar-refractivity contribution >= 4 is 6.09 Å². The van der Waals surface area contributed by atoms with Gasteiger partial charge in [-0.25, -0.2) is 4.79 Å². The Morgan fingerprint density at radius 3 is 2.27 bits per heavy atom. The highest BCUT2D eigenvalue weighted by Gasteiger charge is 2.22. The maximum atomic E-state index is 11.6. The number of hydrogen-bond donors (Lipinski definition) is 1. The van der Waals surface area contributed by atoms with Crippen molar-refractivity contribution in [2.45, 2.75) is 52.7 Å². The lowest BCUT2D eigenvalue weighted by molar-refractivity contribution is 0.0156. The van der Waals surface area contributed by atoms with Crippen molar-refractivity contribution in [2.24, 2.45) is 0 Å². The van der Waals surface area contributed by atoms with Crippen LogP contribution in [0.3, 0.4) is 0 Å². The van der Waals surface area contributed by atoms with Crippen LogP contribution >= 0.6 is 0 Å². The molecule has 0 spiro atoms. The molecule has 0 radical (unpaired) electrons. The van der Waals surface area contributed by atoms with Crippen molar-refractivity contribution in [3.8, 4) is 0 Å². The second-order valence-corrected chi connectivity index (χ2v) is 4.58. The SMILES string of the molecule is CCC(O)CN(CC)C(=O)OC(C)(C)C. The summed E-state index contributed by atoms with van der Waals surface area (Å²) in [7, 11) is 0. The Morgan fingerprint density at radius 1 is 1.40 bits per heavy atom. The average Bonchev–Trinajstić information content (AvgIpc) is 2.10. The Morgan fingerprint density at radius 2 is 1.93 bits per heavy atom. The van der Waals surface area contributed by atoms with Crippen LogP contribution < -0.4 is 0 Å². The van der Waals surface area contributed by atoms with Crippen molar-refractivity contribution < 1.29 is 14.6 Å². The molecule has 0 aliphatic rings. The Balaban J connectivity index is 4.23. The van der Waals surface area contributed by atoms with E-state index in [1.165, 1.54) is 4.90 Å².